The number of fused-ring (bicyclic) bond motifs is 2. The molecule has 130 valence electrons. The summed E-state index contributed by atoms with van der Waals surface area (Å²) in [6.45, 7) is 5.86. The van der Waals surface area contributed by atoms with Crippen LogP contribution in [-0.2, 0) is 0 Å². The van der Waals surface area contributed by atoms with Crippen molar-refractivity contribution in [1.29, 1.82) is 0 Å². The molecule has 0 unspecified atom stereocenters. The zero-order valence-corrected chi connectivity index (χ0v) is 15.7. The van der Waals surface area contributed by atoms with Gasteiger partial charge in [0.1, 0.15) is 0 Å². The topological polar surface area (TPSA) is 62.2 Å². The molecule has 2 heterocycles. The highest BCUT2D eigenvalue weighted by molar-refractivity contribution is 7.99. The van der Waals surface area contributed by atoms with Crippen LogP contribution in [0.15, 0.2) is 63.4 Å². The van der Waals surface area contributed by atoms with Gasteiger partial charge in [0, 0.05) is 21.2 Å². The van der Waals surface area contributed by atoms with Gasteiger partial charge in [-0.1, -0.05) is 30.0 Å². The molecule has 0 saturated heterocycles. The van der Waals surface area contributed by atoms with E-state index >= 15 is 0 Å². The van der Waals surface area contributed by atoms with Crippen LogP contribution in [0.1, 0.15) is 23.9 Å². The van der Waals surface area contributed by atoms with Gasteiger partial charge in [0.2, 0.25) is 5.95 Å². The highest BCUT2D eigenvalue weighted by Crippen LogP contribution is 2.44. The molecule has 0 fully saturated rings. The second-order valence-corrected chi connectivity index (χ2v) is 7.30. The smallest absolute Gasteiger partial charge is 0.243 e. The maximum Gasteiger partial charge on any atom is 0.243 e. The first-order chi connectivity index (χ1) is 12.6. The SMILES string of the molecule is C/C(=N\Nc1nc(C)cc(C)n1)c1ccc2c(c1)Nc1ccccc1S2. The normalized spacial score (nSPS) is 12.8. The average molecular weight is 361 g/mol. The molecule has 0 aliphatic carbocycles. The zero-order chi connectivity index (χ0) is 18.1. The number of hydrogen-bond donors (Lipinski definition) is 2. The van der Waals surface area contributed by atoms with E-state index in [2.05, 4.69) is 62.2 Å². The summed E-state index contributed by atoms with van der Waals surface area (Å²) >= 11 is 1.78. The molecule has 4 rings (SSSR count). The number of para-hydroxylation sites is 1. The number of hydrazone groups is 1. The van der Waals surface area contributed by atoms with Crippen molar-refractivity contribution < 1.29 is 0 Å². The summed E-state index contributed by atoms with van der Waals surface area (Å²) < 4.78 is 0. The predicted octanol–water partition coefficient (Wildman–Crippen LogP) is 5.14. The van der Waals surface area contributed by atoms with Gasteiger partial charge in [-0.05, 0) is 56.7 Å². The van der Waals surface area contributed by atoms with Crippen LogP contribution < -0.4 is 10.7 Å². The fraction of sp³-hybridized carbons (Fsp3) is 0.150. The fourth-order valence-electron chi connectivity index (χ4n) is 2.84. The minimum Gasteiger partial charge on any atom is -0.354 e. The van der Waals surface area contributed by atoms with Gasteiger partial charge in [-0.3, -0.25) is 0 Å². The monoisotopic (exact) mass is 361 g/mol. The maximum atomic E-state index is 4.45. The van der Waals surface area contributed by atoms with E-state index in [0.717, 1.165) is 34.0 Å². The van der Waals surface area contributed by atoms with Crippen LogP contribution in [0, 0.1) is 13.8 Å². The van der Waals surface area contributed by atoms with Gasteiger partial charge >= 0.3 is 0 Å². The lowest BCUT2D eigenvalue weighted by molar-refractivity contribution is 1.03. The lowest BCUT2D eigenvalue weighted by Gasteiger charge is -2.21. The van der Waals surface area contributed by atoms with E-state index in [-0.39, 0.29) is 0 Å². The molecule has 1 aliphatic heterocycles. The molecule has 1 aromatic heterocycles. The van der Waals surface area contributed by atoms with E-state index in [4.69, 9.17) is 0 Å². The van der Waals surface area contributed by atoms with Crippen molar-refractivity contribution in [3.05, 3.63) is 65.5 Å². The van der Waals surface area contributed by atoms with Gasteiger partial charge in [-0.2, -0.15) is 5.10 Å². The minimum absolute atomic E-state index is 0.516. The third-order valence-corrected chi connectivity index (χ3v) is 5.23. The Labute approximate surface area is 157 Å². The predicted molar refractivity (Wildman–Crippen MR) is 108 cm³/mol. The summed E-state index contributed by atoms with van der Waals surface area (Å²) in [5.74, 6) is 0.516. The van der Waals surface area contributed by atoms with E-state index in [0.29, 0.717) is 5.95 Å². The summed E-state index contributed by atoms with van der Waals surface area (Å²) in [4.78, 5) is 11.2. The quantitative estimate of drug-likeness (QED) is 0.391. The van der Waals surface area contributed by atoms with Gasteiger partial charge in [0.05, 0.1) is 17.1 Å². The second-order valence-electron chi connectivity index (χ2n) is 6.22. The number of nitrogens with one attached hydrogen (secondary N) is 2. The van der Waals surface area contributed by atoms with E-state index in [1.807, 2.05) is 32.9 Å². The molecular formula is C20H19N5S. The highest BCUT2D eigenvalue weighted by Gasteiger charge is 2.15. The summed E-state index contributed by atoms with van der Waals surface area (Å²) in [7, 11) is 0. The number of hydrogen-bond acceptors (Lipinski definition) is 6. The lowest BCUT2D eigenvalue weighted by Crippen LogP contribution is -2.05. The standard InChI is InChI=1S/C20H19N5S/c1-12-10-13(2)22-20(21-12)25-24-14(3)15-8-9-19-17(11-15)23-16-6-4-5-7-18(16)26-19/h4-11,23H,1-3H3,(H,21,22,25)/b24-14+. The molecule has 6 heteroatoms. The summed E-state index contributed by atoms with van der Waals surface area (Å²) in [5, 5.41) is 7.95. The molecule has 5 nitrogen and oxygen atoms in total. The van der Waals surface area contributed by atoms with Crippen LogP contribution in [-0.4, -0.2) is 15.7 Å². The van der Waals surface area contributed by atoms with Crippen LogP contribution in [0.5, 0.6) is 0 Å². The number of anilines is 3. The number of benzene rings is 2. The Bertz CT molecular complexity index is 993. The Morgan fingerprint density at radius 3 is 2.50 bits per heavy atom. The Morgan fingerprint density at radius 2 is 1.69 bits per heavy atom. The van der Waals surface area contributed by atoms with E-state index in [9.17, 15) is 0 Å². The Kier molecular flexibility index (Phi) is 4.34. The molecular weight excluding hydrogens is 342 g/mol. The number of aromatic nitrogens is 2. The minimum atomic E-state index is 0.516. The van der Waals surface area contributed by atoms with Crippen molar-refractivity contribution in [2.24, 2.45) is 5.10 Å². The van der Waals surface area contributed by atoms with Crippen molar-refractivity contribution in [2.45, 2.75) is 30.6 Å². The first-order valence-electron chi connectivity index (χ1n) is 8.39. The van der Waals surface area contributed by atoms with Gasteiger partial charge in [0.25, 0.3) is 0 Å². The number of rotatable bonds is 3. The van der Waals surface area contributed by atoms with E-state index < -0.39 is 0 Å². The Morgan fingerprint density at radius 1 is 0.962 bits per heavy atom. The first-order valence-corrected chi connectivity index (χ1v) is 9.21. The fourth-order valence-corrected chi connectivity index (χ4v) is 3.81. The van der Waals surface area contributed by atoms with E-state index in [1.165, 1.54) is 9.79 Å². The average Bonchev–Trinajstić information content (AvgIpc) is 2.63. The van der Waals surface area contributed by atoms with Crippen molar-refractivity contribution >= 4 is 34.8 Å². The Balaban J connectivity index is 1.57. The first kappa shape index (κ1) is 16.6. The second kappa shape index (κ2) is 6.80. The van der Waals surface area contributed by atoms with Crippen molar-refractivity contribution in [1.82, 2.24) is 9.97 Å². The molecule has 3 aromatic rings. The molecule has 2 N–H and O–H groups in total. The molecule has 0 amide bonds. The molecule has 2 aromatic carbocycles. The highest BCUT2D eigenvalue weighted by atomic mass is 32.2. The summed E-state index contributed by atoms with van der Waals surface area (Å²) in [6.07, 6.45) is 0. The van der Waals surface area contributed by atoms with Gasteiger partial charge < -0.3 is 5.32 Å². The van der Waals surface area contributed by atoms with Crippen molar-refractivity contribution in [3.8, 4) is 0 Å². The molecule has 0 saturated carbocycles. The van der Waals surface area contributed by atoms with Crippen molar-refractivity contribution in [2.75, 3.05) is 10.7 Å². The molecule has 0 radical (unpaired) electrons. The third-order valence-electron chi connectivity index (χ3n) is 4.08. The lowest BCUT2D eigenvalue weighted by atomic mass is 10.1. The summed E-state index contributed by atoms with van der Waals surface area (Å²) in [6, 6.07) is 16.6. The van der Waals surface area contributed by atoms with Crippen LogP contribution in [0.2, 0.25) is 0 Å². The summed E-state index contributed by atoms with van der Waals surface area (Å²) in [5.41, 5.74) is 8.96. The number of aryl methyl sites for hydroxylation is 2. The molecule has 1 aliphatic rings. The van der Waals surface area contributed by atoms with Gasteiger partial charge in [-0.25, -0.2) is 15.4 Å². The largest absolute Gasteiger partial charge is 0.354 e. The number of nitrogens with zero attached hydrogens (tertiary/aromatic N) is 3. The molecule has 26 heavy (non-hydrogen) atoms. The zero-order valence-electron chi connectivity index (χ0n) is 14.9. The Hall–Kier alpha value is -2.86. The van der Waals surface area contributed by atoms with Crippen LogP contribution in [0.4, 0.5) is 17.3 Å². The molecule has 0 atom stereocenters. The third kappa shape index (κ3) is 3.41. The molecule has 0 spiro atoms. The molecule has 0 bridgehead atoms. The van der Waals surface area contributed by atoms with Crippen LogP contribution in [0.3, 0.4) is 0 Å². The van der Waals surface area contributed by atoms with Crippen LogP contribution in [0.25, 0.3) is 0 Å². The van der Waals surface area contributed by atoms with E-state index in [1.54, 1.807) is 11.8 Å². The van der Waals surface area contributed by atoms with Gasteiger partial charge in [0.15, 0.2) is 0 Å². The van der Waals surface area contributed by atoms with Crippen molar-refractivity contribution in [3.63, 3.8) is 0 Å². The maximum absolute atomic E-state index is 4.45. The van der Waals surface area contributed by atoms with Gasteiger partial charge in [-0.15, -0.1) is 0 Å². The van der Waals surface area contributed by atoms with Crippen LogP contribution >= 0.6 is 11.8 Å².